The molecule has 1 fully saturated rings. The Kier molecular flexibility index (Phi) is 2.23. The summed E-state index contributed by atoms with van der Waals surface area (Å²) in [6, 6.07) is 5.13. The molecule has 1 aromatic rings. The van der Waals surface area contributed by atoms with Crippen LogP contribution >= 0.6 is 0 Å². The highest BCUT2D eigenvalue weighted by molar-refractivity contribution is 5.92. The topological polar surface area (TPSA) is 57.2 Å². The van der Waals surface area contributed by atoms with Gasteiger partial charge in [-0.05, 0) is 25.0 Å². The van der Waals surface area contributed by atoms with Crippen LogP contribution in [-0.4, -0.2) is 23.4 Å². The van der Waals surface area contributed by atoms with Crippen molar-refractivity contribution >= 4 is 5.91 Å². The zero-order valence-corrected chi connectivity index (χ0v) is 7.64. The van der Waals surface area contributed by atoms with E-state index < -0.39 is 0 Å². The monoisotopic (exact) mass is 190 g/mol. The van der Waals surface area contributed by atoms with E-state index in [9.17, 15) is 4.79 Å². The van der Waals surface area contributed by atoms with Crippen molar-refractivity contribution in [1.82, 2.24) is 4.90 Å². The Morgan fingerprint density at radius 2 is 2.57 bits per heavy atom. The molecule has 1 aliphatic rings. The first-order chi connectivity index (χ1) is 6.83. The molecule has 14 heavy (non-hydrogen) atoms. The van der Waals surface area contributed by atoms with E-state index in [2.05, 4.69) is 6.07 Å². The van der Waals surface area contributed by atoms with Gasteiger partial charge in [0.2, 0.25) is 0 Å². The fourth-order valence-electron chi connectivity index (χ4n) is 1.69. The number of likely N-dealkylation sites (tertiary alicyclic amines) is 1. The summed E-state index contributed by atoms with van der Waals surface area (Å²) in [5.41, 5.74) is 0. The van der Waals surface area contributed by atoms with Gasteiger partial charge in [-0.25, -0.2) is 0 Å². The highest BCUT2D eigenvalue weighted by Gasteiger charge is 2.30. The van der Waals surface area contributed by atoms with E-state index in [0.717, 1.165) is 12.8 Å². The number of furan rings is 1. The molecule has 0 aliphatic carbocycles. The van der Waals surface area contributed by atoms with E-state index in [4.69, 9.17) is 9.68 Å². The van der Waals surface area contributed by atoms with Crippen molar-refractivity contribution < 1.29 is 9.21 Å². The number of nitriles is 1. The molecule has 0 aromatic carbocycles. The fourth-order valence-corrected chi connectivity index (χ4v) is 1.69. The third-order valence-electron chi connectivity index (χ3n) is 2.39. The molecule has 2 rings (SSSR count). The second kappa shape index (κ2) is 3.54. The quantitative estimate of drug-likeness (QED) is 0.672. The van der Waals surface area contributed by atoms with Gasteiger partial charge in [0, 0.05) is 6.54 Å². The molecule has 1 unspecified atom stereocenters. The van der Waals surface area contributed by atoms with E-state index in [0.29, 0.717) is 12.3 Å². The largest absolute Gasteiger partial charge is 0.459 e. The zero-order chi connectivity index (χ0) is 9.97. The minimum absolute atomic E-state index is 0.181. The summed E-state index contributed by atoms with van der Waals surface area (Å²) in [6.45, 7) is 0.651. The summed E-state index contributed by atoms with van der Waals surface area (Å²) in [5.74, 6) is 0.131. The lowest BCUT2D eigenvalue weighted by atomic mass is 10.2. The first-order valence-electron chi connectivity index (χ1n) is 4.57. The lowest BCUT2D eigenvalue weighted by Crippen LogP contribution is -2.34. The van der Waals surface area contributed by atoms with E-state index in [-0.39, 0.29) is 11.9 Å². The predicted molar refractivity (Wildman–Crippen MR) is 48.4 cm³/mol. The van der Waals surface area contributed by atoms with Gasteiger partial charge in [-0.2, -0.15) is 5.26 Å². The van der Waals surface area contributed by atoms with Crippen LogP contribution in [0.4, 0.5) is 0 Å². The van der Waals surface area contributed by atoms with E-state index in [1.165, 1.54) is 6.26 Å². The van der Waals surface area contributed by atoms with Crippen LogP contribution in [0, 0.1) is 11.3 Å². The number of nitrogens with zero attached hydrogens (tertiary/aromatic N) is 2. The maximum absolute atomic E-state index is 11.8. The van der Waals surface area contributed by atoms with Gasteiger partial charge < -0.3 is 9.32 Å². The minimum Gasteiger partial charge on any atom is -0.459 e. The fraction of sp³-hybridized carbons (Fsp3) is 0.400. The van der Waals surface area contributed by atoms with Gasteiger partial charge in [-0.1, -0.05) is 0 Å². The van der Waals surface area contributed by atoms with Gasteiger partial charge in [-0.3, -0.25) is 4.79 Å². The van der Waals surface area contributed by atoms with Crippen LogP contribution in [0.1, 0.15) is 23.4 Å². The van der Waals surface area contributed by atoms with Crippen molar-refractivity contribution in [1.29, 1.82) is 5.26 Å². The van der Waals surface area contributed by atoms with E-state index >= 15 is 0 Å². The normalized spacial score (nSPS) is 20.8. The molecule has 4 nitrogen and oxygen atoms in total. The molecular weight excluding hydrogens is 180 g/mol. The average Bonchev–Trinajstić information content (AvgIpc) is 2.87. The number of carbonyl (C=O) groups is 1. The van der Waals surface area contributed by atoms with Crippen LogP contribution in [0.2, 0.25) is 0 Å². The summed E-state index contributed by atoms with van der Waals surface area (Å²) in [6.07, 6.45) is 3.12. The smallest absolute Gasteiger partial charge is 0.290 e. The van der Waals surface area contributed by atoms with Crippen LogP contribution in [-0.2, 0) is 0 Å². The molecule has 0 saturated carbocycles. The van der Waals surface area contributed by atoms with E-state index in [1.807, 2.05) is 0 Å². The third kappa shape index (κ3) is 1.37. The molecule has 1 aliphatic heterocycles. The SMILES string of the molecule is N#CC1CCCN1C(=O)c1ccco1. The predicted octanol–water partition coefficient (Wildman–Crippen LogP) is 1.41. The summed E-state index contributed by atoms with van der Waals surface area (Å²) in [4.78, 5) is 13.3. The van der Waals surface area contributed by atoms with Gasteiger partial charge in [0.05, 0.1) is 12.3 Å². The molecule has 1 atom stereocenters. The molecular formula is C10H10N2O2. The van der Waals surface area contributed by atoms with Crippen molar-refractivity contribution in [2.24, 2.45) is 0 Å². The molecule has 0 radical (unpaired) electrons. The lowest BCUT2D eigenvalue weighted by Gasteiger charge is -2.17. The van der Waals surface area contributed by atoms with Crippen LogP contribution < -0.4 is 0 Å². The Balaban J connectivity index is 2.16. The Labute approximate surface area is 81.7 Å². The number of rotatable bonds is 1. The van der Waals surface area contributed by atoms with Crippen molar-refractivity contribution in [2.75, 3.05) is 6.54 Å². The lowest BCUT2D eigenvalue weighted by molar-refractivity contribution is 0.0733. The summed E-state index contributed by atoms with van der Waals surface area (Å²) in [5, 5.41) is 8.81. The number of hydrogen-bond donors (Lipinski definition) is 0. The second-order valence-electron chi connectivity index (χ2n) is 3.26. The van der Waals surface area contributed by atoms with Gasteiger partial charge in [0.1, 0.15) is 6.04 Å². The molecule has 4 heteroatoms. The van der Waals surface area contributed by atoms with Gasteiger partial charge in [0.25, 0.3) is 5.91 Å². The van der Waals surface area contributed by atoms with E-state index in [1.54, 1.807) is 17.0 Å². The molecule has 2 heterocycles. The first kappa shape index (κ1) is 8.82. The first-order valence-corrected chi connectivity index (χ1v) is 4.57. The van der Waals surface area contributed by atoms with Crippen molar-refractivity contribution in [3.8, 4) is 6.07 Å². The Morgan fingerprint density at radius 3 is 3.21 bits per heavy atom. The minimum atomic E-state index is -0.285. The van der Waals surface area contributed by atoms with Crippen molar-refractivity contribution in [3.05, 3.63) is 24.2 Å². The maximum Gasteiger partial charge on any atom is 0.290 e. The molecule has 0 spiro atoms. The second-order valence-corrected chi connectivity index (χ2v) is 3.26. The Bertz CT molecular complexity index is 364. The van der Waals surface area contributed by atoms with Gasteiger partial charge in [0.15, 0.2) is 5.76 Å². The van der Waals surface area contributed by atoms with Crippen molar-refractivity contribution in [3.63, 3.8) is 0 Å². The molecule has 0 N–H and O–H groups in total. The highest BCUT2D eigenvalue weighted by atomic mass is 16.3. The van der Waals surface area contributed by atoms with Crippen LogP contribution in [0.3, 0.4) is 0 Å². The summed E-state index contributed by atoms with van der Waals surface area (Å²) >= 11 is 0. The number of carbonyl (C=O) groups excluding carboxylic acids is 1. The highest BCUT2D eigenvalue weighted by Crippen LogP contribution is 2.19. The molecule has 1 amide bonds. The summed E-state index contributed by atoms with van der Waals surface area (Å²) < 4.78 is 5.00. The number of hydrogen-bond acceptors (Lipinski definition) is 3. The van der Waals surface area contributed by atoms with Crippen LogP contribution in [0.25, 0.3) is 0 Å². The van der Waals surface area contributed by atoms with Crippen LogP contribution in [0.15, 0.2) is 22.8 Å². The third-order valence-corrected chi connectivity index (χ3v) is 2.39. The van der Waals surface area contributed by atoms with Crippen molar-refractivity contribution in [2.45, 2.75) is 18.9 Å². The summed E-state index contributed by atoms with van der Waals surface area (Å²) in [7, 11) is 0. The molecule has 1 aromatic heterocycles. The Morgan fingerprint density at radius 1 is 1.71 bits per heavy atom. The van der Waals surface area contributed by atoms with Gasteiger partial charge in [-0.15, -0.1) is 0 Å². The maximum atomic E-state index is 11.8. The Hall–Kier alpha value is -1.76. The molecule has 72 valence electrons. The van der Waals surface area contributed by atoms with Gasteiger partial charge >= 0.3 is 0 Å². The standard InChI is InChI=1S/C10H10N2O2/c11-7-8-3-1-5-12(8)10(13)9-4-2-6-14-9/h2,4,6,8H,1,3,5H2. The molecule has 1 saturated heterocycles. The molecule has 0 bridgehead atoms. The number of amides is 1. The zero-order valence-electron chi connectivity index (χ0n) is 7.64. The average molecular weight is 190 g/mol. The van der Waals surface area contributed by atoms with Crippen LogP contribution in [0.5, 0.6) is 0 Å².